The van der Waals surface area contributed by atoms with Gasteiger partial charge in [0.1, 0.15) is 6.04 Å². The molecule has 2 N–H and O–H groups in total. The van der Waals surface area contributed by atoms with Crippen LogP contribution in [-0.4, -0.2) is 24.5 Å². The molecular formula is C24H22BrN3O2. The van der Waals surface area contributed by atoms with E-state index in [9.17, 15) is 9.59 Å². The summed E-state index contributed by atoms with van der Waals surface area (Å²) in [5, 5.41) is 5.69. The van der Waals surface area contributed by atoms with Gasteiger partial charge in [-0.25, -0.2) is 4.79 Å². The number of nitrogens with zero attached hydrogens (tertiary/aromatic N) is 1. The van der Waals surface area contributed by atoms with Crippen LogP contribution in [0.5, 0.6) is 0 Å². The zero-order valence-electron chi connectivity index (χ0n) is 16.3. The molecule has 0 saturated carbocycles. The zero-order valence-corrected chi connectivity index (χ0v) is 17.9. The third-order valence-electron chi connectivity index (χ3n) is 5.14. The molecule has 3 amide bonds. The maximum Gasteiger partial charge on any atom is 0.319 e. The number of nitrogens with one attached hydrogen (secondary N) is 2. The molecule has 6 heteroatoms. The third-order valence-corrected chi connectivity index (χ3v) is 5.67. The van der Waals surface area contributed by atoms with Crippen LogP contribution in [0.25, 0.3) is 0 Å². The van der Waals surface area contributed by atoms with Gasteiger partial charge in [0, 0.05) is 28.8 Å². The van der Waals surface area contributed by atoms with E-state index in [2.05, 4.69) is 26.6 Å². The number of halogens is 1. The Hall–Kier alpha value is -3.12. The van der Waals surface area contributed by atoms with Gasteiger partial charge in [0.2, 0.25) is 5.91 Å². The fourth-order valence-corrected chi connectivity index (χ4v) is 3.93. The van der Waals surface area contributed by atoms with Crippen LogP contribution < -0.4 is 15.5 Å². The Labute approximate surface area is 184 Å². The number of carbonyl (C=O) groups is 2. The second kappa shape index (κ2) is 9.13. The molecule has 0 fully saturated rings. The predicted molar refractivity (Wildman–Crippen MR) is 123 cm³/mol. The fourth-order valence-electron chi connectivity index (χ4n) is 3.66. The van der Waals surface area contributed by atoms with Crippen LogP contribution >= 0.6 is 15.9 Å². The van der Waals surface area contributed by atoms with Crippen LogP contribution in [0.15, 0.2) is 83.3 Å². The van der Waals surface area contributed by atoms with E-state index < -0.39 is 12.1 Å². The lowest BCUT2D eigenvalue weighted by Crippen LogP contribution is -2.50. The first-order valence-electron chi connectivity index (χ1n) is 9.86. The Bertz CT molecular complexity index is 1040. The van der Waals surface area contributed by atoms with E-state index in [0.29, 0.717) is 18.7 Å². The number of rotatable bonds is 5. The summed E-state index contributed by atoms with van der Waals surface area (Å²) in [6, 6.07) is 23.9. The normalized spacial score (nSPS) is 13.4. The first-order valence-corrected chi connectivity index (χ1v) is 10.7. The number of fused-ring (bicyclic) bond motifs is 1. The summed E-state index contributed by atoms with van der Waals surface area (Å²) < 4.78 is 0.929. The quantitative estimate of drug-likeness (QED) is 0.572. The Balaban J connectivity index is 1.52. The van der Waals surface area contributed by atoms with Crippen molar-refractivity contribution in [2.75, 3.05) is 16.8 Å². The van der Waals surface area contributed by atoms with Gasteiger partial charge in [0.25, 0.3) is 0 Å². The van der Waals surface area contributed by atoms with Crippen molar-refractivity contribution in [1.82, 2.24) is 5.32 Å². The lowest BCUT2D eigenvalue weighted by molar-refractivity contribution is -0.120. The molecule has 3 aromatic carbocycles. The van der Waals surface area contributed by atoms with Gasteiger partial charge >= 0.3 is 6.03 Å². The molecule has 3 aromatic rings. The molecule has 1 aliphatic rings. The van der Waals surface area contributed by atoms with Crippen molar-refractivity contribution in [3.8, 4) is 0 Å². The standard InChI is InChI=1S/C24H22BrN3O2/c25-19-10-12-20(13-11-19)26-24(30)27-21(16-17-6-2-1-3-7-17)23(29)28-15-14-18-8-4-5-9-22(18)28/h1-13,21H,14-16H2,(H2,26,27,30)/t21-/m0/s1. The predicted octanol–water partition coefficient (Wildman–Crippen LogP) is 4.77. The Morgan fingerprint density at radius 2 is 1.63 bits per heavy atom. The molecule has 0 saturated heterocycles. The molecule has 5 nitrogen and oxygen atoms in total. The molecule has 0 unspecified atom stereocenters. The summed E-state index contributed by atoms with van der Waals surface area (Å²) in [5.41, 5.74) is 3.74. The van der Waals surface area contributed by atoms with E-state index >= 15 is 0 Å². The van der Waals surface area contributed by atoms with Gasteiger partial charge < -0.3 is 15.5 Å². The summed E-state index contributed by atoms with van der Waals surface area (Å²) in [6.07, 6.45) is 1.25. The third kappa shape index (κ3) is 4.71. The molecule has 0 bridgehead atoms. The van der Waals surface area contributed by atoms with Gasteiger partial charge in [0.15, 0.2) is 0 Å². The molecule has 30 heavy (non-hydrogen) atoms. The number of benzene rings is 3. The molecule has 1 atom stereocenters. The summed E-state index contributed by atoms with van der Waals surface area (Å²) in [7, 11) is 0. The van der Waals surface area contributed by atoms with Gasteiger partial charge in [-0.2, -0.15) is 0 Å². The monoisotopic (exact) mass is 463 g/mol. The van der Waals surface area contributed by atoms with Gasteiger partial charge in [0.05, 0.1) is 0 Å². The Morgan fingerprint density at radius 3 is 2.40 bits per heavy atom. The summed E-state index contributed by atoms with van der Waals surface area (Å²) in [6.45, 7) is 0.624. The van der Waals surface area contributed by atoms with Crippen molar-refractivity contribution < 1.29 is 9.59 Å². The molecule has 1 aliphatic heterocycles. The minimum Gasteiger partial charge on any atom is -0.326 e. The molecule has 0 aromatic heterocycles. The summed E-state index contributed by atoms with van der Waals surface area (Å²) in [4.78, 5) is 27.9. The van der Waals surface area contributed by atoms with Gasteiger partial charge in [-0.3, -0.25) is 4.79 Å². The smallest absolute Gasteiger partial charge is 0.319 e. The van der Waals surface area contributed by atoms with Crippen LogP contribution in [0.4, 0.5) is 16.2 Å². The zero-order chi connectivity index (χ0) is 20.9. The lowest BCUT2D eigenvalue weighted by Gasteiger charge is -2.25. The minimum absolute atomic E-state index is 0.102. The summed E-state index contributed by atoms with van der Waals surface area (Å²) in [5.74, 6) is -0.102. The number of hydrogen-bond acceptors (Lipinski definition) is 2. The largest absolute Gasteiger partial charge is 0.326 e. The molecule has 0 radical (unpaired) electrons. The maximum atomic E-state index is 13.4. The Kier molecular flexibility index (Phi) is 6.14. The number of amides is 3. The number of para-hydroxylation sites is 1. The highest BCUT2D eigenvalue weighted by Gasteiger charge is 2.31. The van der Waals surface area contributed by atoms with E-state index in [1.807, 2.05) is 66.7 Å². The lowest BCUT2D eigenvalue weighted by atomic mass is 10.0. The maximum absolute atomic E-state index is 13.4. The van der Waals surface area contributed by atoms with Gasteiger partial charge in [-0.05, 0) is 47.9 Å². The molecule has 0 aliphatic carbocycles. The van der Waals surface area contributed by atoms with E-state index in [1.165, 1.54) is 0 Å². The number of hydrogen-bond donors (Lipinski definition) is 2. The van der Waals surface area contributed by atoms with Crippen molar-refractivity contribution in [2.24, 2.45) is 0 Å². The van der Waals surface area contributed by atoms with E-state index in [4.69, 9.17) is 0 Å². The number of anilines is 2. The van der Waals surface area contributed by atoms with Crippen LogP contribution in [0.3, 0.4) is 0 Å². The number of urea groups is 1. The Morgan fingerprint density at radius 1 is 0.933 bits per heavy atom. The SMILES string of the molecule is O=C(Nc1ccc(Br)cc1)N[C@@H](Cc1ccccc1)C(=O)N1CCc2ccccc21. The number of carbonyl (C=O) groups excluding carboxylic acids is 2. The van der Waals surface area contributed by atoms with Crippen LogP contribution in [0.1, 0.15) is 11.1 Å². The van der Waals surface area contributed by atoms with E-state index in [-0.39, 0.29) is 5.91 Å². The molecular weight excluding hydrogens is 442 g/mol. The summed E-state index contributed by atoms with van der Waals surface area (Å²) >= 11 is 3.38. The minimum atomic E-state index is -0.672. The fraction of sp³-hybridized carbons (Fsp3) is 0.167. The van der Waals surface area contributed by atoms with Crippen molar-refractivity contribution in [1.29, 1.82) is 0 Å². The average Bonchev–Trinajstić information content (AvgIpc) is 3.19. The highest BCUT2D eigenvalue weighted by Crippen LogP contribution is 2.28. The first-order chi connectivity index (χ1) is 14.6. The van der Waals surface area contributed by atoms with E-state index in [0.717, 1.165) is 27.7 Å². The van der Waals surface area contributed by atoms with Crippen molar-refractivity contribution in [2.45, 2.75) is 18.9 Å². The first kappa shape index (κ1) is 20.2. The van der Waals surface area contributed by atoms with E-state index in [1.54, 1.807) is 17.0 Å². The molecule has 152 valence electrons. The molecule has 0 spiro atoms. The van der Waals surface area contributed by atoms with Crippen LogP contribution in [-0.2, 0) is 17.6 Å². The van der Waals surface area contributed by atoms with Gasteiger partial charge in [-0.1, -0.05) is 64.5 Å². The van der Waals surface area contributed by atoms with Gasteiger partial charge in [-0.15, -0.1) is 0 Å². The van der Waals surface area contributed by atoms with Crippen molar-refractivity contribution >= 4 is 39.2 Å². The van der Waals surface area contributed by atoms with Crippen LogP contribution in [0, 0.1) is 0 Å². The second-order valence-corrected chi connectivity index (χ2v) is 8.13. The topological polar surface area (TPSA) is 61.4 Å². The molecule has 4 rings (SSSR count). The van der Waals surface area contributed by atoms with Crippen LogP contribution in [0.2, 0.25) is 0 Å². The highest BCUT2D eigenvalue weighted by molar-refractivity contribution is 9.10. The van der Waals surface area contributed by atoms with Crippen molar-refractivity contribution in [3.63, 3.8) is 0 Å². The highest BCUT2D eigenvalue weighted by atomic mass is 79.9. The average molecular weight is 464 g/mol. The second-order valence-electron chi connectivity index (χ2n) is 7.22. The van der Waals surface area contributed by atoms with Crippen molar-refractivity contribution in [3.05, 3.63) is 94.5 Å². The molecule has 1 heterocycles.